The Labute approximate surface area is 112 Å². The van der Waals surface area contributed by atoms with E-state index in [-0.39, 0.29) is 11.1 Å². The molecule has 1 aromatic heterocycles. The van der Waals surface area contributed by atoms with Gasteiger partial charge in [0.25, 0.3) is 5.69 Å². The van der Waals surface area contributed by atoms with Crippen LogP contribution < -0.4 is 0 Å². The highest BCUT2D eigenvalue weighted by atomic mass is 19.4. The van der Waals surface area contributed by atoms with Crippen molar-refractivity contribution < 1.29 is 18.1 Å². The van der Waals surface area contributed by atoms with Gasteiger partial charge in [0.05, 0.1) is 16.1 Å². The molecule has 2 rings (SSSR count). The lowest BCUT2D eigenvalue weighted by Gasteiger charge is -2.13. The van der Waals surface area contributed by atoms with Crippen LogP contribution in [0.5, 0.6) is 0 Å². The van der Waals surface area contributed by atoms with Crippen LogP contribution in [0.3, 0.4) is 0 Å². The first-order chi connectivity index (χ1) is 9.30. The van der Waals surface area contributed by atoms with Gasteiger partial charge in [-0.25, -0.2) is 0 Å². The lowest BCUT2D eigenvalue weighted by molar-refractivity contribution is -0.384. The summed E-state index contributed by atoms with van der Waals surface area (Å²) < 4.78 is 38.9. The number of rotatable bonds is 2. The van der Waals surface area contributed by atoms with E-state index in [1.54, 1.807) is 6.92 Å². The van der Waals surface area contributed by atoms with E-state index in [0.29, 0.717) is 5.69 Å². The van der Waals surface area contributed by atoms with Gasteiger partial charge in [-0.05, 0) is 19.1 Å². The molecule has 4 nitrogen and oxygen atoms in total. The topological polar surface area (TPSA) is 56.0 Å². The van der Waals surface area contributed by atoms with Crippen LogP contribution in [0.15, 0.2) is 36.5 Å². The Balaban J connectivity index is 2.75. The van der Waals surface area contributed by atoms with Gasteiger partial charge in [0.15, 0.2) is 0 Å². The van der Waals surface area contributed by atoms with Crippen LogP contribution in [-0.2, 0) is 6.18 Å². The van der Waals surface area contributed by atoms with E-state index < -0.39 is 22.4 Å². The number of halogens is 3. The summed E-state index contributed by atoms with van der Waals surface area (Å²) in [6.07, 6.45) is -3.61. The Bertz CT molecular complexity index is 669. The van der Waals surface area contributed by atoms with Gasteiger partial charge in [0.2, 0.25) is 0 Å². The Morgan fingerprint density at radius 3 is 2.45 bits per heavy atom. The molecule has 0 saturated heterocycles. The average molecular weight is 282 g/mol. The predicted molar refractivity (Wildman–Crippen MR) is 66.1 cm³/mol. The van der Waals surface area contributed by atoms with Gasteiger partial charge in [0, 0.05) is 11.3 Å². The standard InChI is InChI=1S/C13H9F3N2O2/c1-8-6-10(12(7-17-8)18(19)20)9-4-2-3-5-11(9)13(14,15)16/h2-7H,1H3. The van der Waals surface area contributed by atoms with Gasteiger partial charge in [-0.1, -0.05) is 18.2 Å². The summed E-state index contributed by atoms with van der Waals surface area (Å²) in [6, 6.07) is 6.04. The minimum Gasteiger partial charge on any atom is -0.258 e. The fraction of sp³-hybridized carbons (Fsp3) is 0.154. The van der Waals surface area contributed by atoms with Crippen LogP contribution >= 0.6 is 0 Å². The molecule has 0 spiro atoms. The van der Waals surface area contributed by atoms with E-state index >= 15 is 0 Å². The summed E-state index contributed by atoms with van der Waals surface area (Å²) >= 11 is 0. The van der Waals surface area contributed by atoms with Crippen LogP contribution in [0.2, 0.25) is 0 Å². The maximum atomic E-state index is 13.0. The number of alkyl halides is 3. The van der Waals surface area contributed by atoms with Crippen molar-refractivity contribution >= 4 is 5.69 Å². The molecule has 0 N–H and O–H groups in total. The predicted octanol–water partition coefficient (Wildman–Crippen LogP) is 3.98. The quantitative estimate of drug-likeness (QED) is 0.618. The molecule has 20 heavy (non-hydrogen) atoms. The maximum Gasteiger partial charge on any atom is 0.417 e. The first kappa shape index (κ1) is 14.0. The Hall–Kier alpha value is -2.44. The van der Waals surface area contributed by atoms with Gasteiger partial charge in [-0.3, -0.25) is 15.1 Å². The first-order valence-electron chi connectivity index (χ1n) is 5.58. The van der Waals surface area contributed by atoms with Gasteiger partial charge >= 0.3 is 6.18 Å². The molecular weight excluding hydrogens is 273 g/mol. The van der Waals surface area contributed by atoms with E-state index in [1.807, 2.05) is 0 Å². The lowest BCUT2D eigenvalue weighted by atomic mass is 9.98. The second kappa shape index (κ2) is 4.92. The largest absolute Gasteiger partial charge is 0.417 e. The van der Waals surface area contributed by atoms with Crippen molar-refractivity contribution in [2.75, 3.05) is 0 Å². The highest BCUT2D eigenvalue weighted by Crippen LogP contribution is 2.39. The zero-order valence-corrected chi connectivity index (χ0v) is 10.3. The molecule has 104 valence electrons. The van der Waals surface area contributed by atoms with Gasteiger partial charge < -0.3 is 0 Å². The molecule has 0 aliphatic heterocycles. The number of benzene rings is 1. The number of hydrogen-bond acceptors (Lipinski definition) is 3. The van der Waals surface area contributed by atoms with Crippen molar-refractivity contribution in [3.8, 4) is 11.1 Å². The van der Waals surface area contributed by atoms with Gasteiger partial charge in [-0.2, -0.15) is 13.2 Å². The third-order valence-corrected chi connectivity index (χ3v) is 2.74. The summed E-state index contributed by atoms with van der Waals surface area (Å²) in [5, 5.41) is 11.0. The molecule has 1 heterocycles. The second-order valence-corrected chi connectivity index (χ2v) is 4.14. The van der Waals surface area contributed by atoms with Crippen LogP contribution in [0.1, 0.15) is 11.3 Å². The number of aromatic nitrogens is 1. The van der Waals surface area contributed by atoms with E-state index in [4.69, 9.17) is 0 Å². The summed E-state index contributed by atoms with van der Waals surface area (Å²) in [6.45, 7) is 1.56. The van der Waals surface area contributed by atoms with Gasteiger partial charge in [-0.15, -0.1) is 0 Å². The van der Waals surface area contributed by atoms with Crippen LogP contribution in [-0.4, -0.2) is 9.91 Å². The van der Waals surface area contributed by atoms with Crippen LogP contribution in [0.25, 0.3) is 11.1 Å². The molecule has 2 aromatic rings. The number of pyridine rings is 1. The zero-order chi connectivity index (χ0) is 14.9. The molecular formula is C13H9F3N2O2. The Morgan fingerprint density at radius 1 is 1.20 bits per heavy atom. The first-order valence-corrected chi connectivity index (χ1v) is 5.58. The van der Waals surface area contributed by atoms with Crippen LogP contribution in [0.4, 0.5) is 18.9 Å². The molecule has 0 atom stereocenters. The molecule has 0 bridgehead atoms. The molecule has 0 amide bonds. The molecule has 0 aliphatic carbocycles. The fourth-order valence-corrected chi connectivity index (χ4v) is 1.88. The summed E-state index contributed by atoms with van der Waals surface area (Å²) in [5.41, 5.74) is -1.27. The van der Waals surface area contributed by atoms with E-state index in [9.17, 15) is 23.3 Å². The molecule has 1 aromatic carbocycles. The molecule has 0 fully saturated rings. The highest BCUT2D eigenvalue weighted by Gasteiger charge is 2.34. The summed E-state index contributed by atoms with van der Waals surface area (Å²) in [5.74, 6) is 0. The maximum absolute atomic E-state index is 13.0. The minimum absolute atomic E-state index is 0.0876. The number of aryl methyl sites for hydroxylation is 1. The smallest absolute Gasteiger partial charge is 0.258 e. The SMILES string of the molecule is Cc1cc(-c2ccccc2C(F)(F)F)c([N+](=O)[O-])cn1. The second-order valence-electron chi connectivity index (χ2n) is 4.14. The highest BCUT2D eigenvalue weighted by molar-refractivity contribution is 5.76. The van der Waals surface area contributed by atoms with Crippen molar-refractivity contribution in [1.29, 1.82) is 0 Å². The molecule has 7 heteroatoms. The van der Waals surface area contributed by atoms with Gasteiger partial charge in [0.1, 0.15) is 6.20 Å². The van der Waals surface area contributed by atoms with E-state index in [1.165, 1.54) is 24.3 Å². The Morgan fingerprint density at radius 2 is 1.85 bits per heavy atom. The number of nitro groups is 1. The average Bonchev–Trinajstić information content (AvgIpc) is 2.37. The zero-order valence-electron chi connectivity index (χ0n) is 10.3. The van der Waals surface area contributed by atoms with Crippen molar-refractivity contribution in [1.82, 2.24) is 4.98 Å². The van der Waals surface area contributed by atoms with Crippen molar-refractivity contribution in [2.45, 2.75) is 13.1 Å². The molecule has 0 aliphatic rings. The molecule has 0 radical (unpaired) electrons. The van der Waals surface area contributed by atoms with Crippen LogP contribution in [0, 0.1) is 17.0 Å². The van der Waals surface area contributed by atoms with Crippen molar-refractivity contribution in [2.24, 2.45) is 0 Å². The van der Waals surface area contributed by atoms with E-state index in [0.717, 1.165) is 12.3 Å². The van der Waals surface area contributed by atoms with Crippen molar-refractivity contribution in [3.05, 3.63) is 57.9 Å². The third kappa shape index (κ3) is 2.61. The number of hydrogen-bond donors (Lipinski definition) is 0. The lowest BCUT2D eigenvalue weighted by Crippen LogP contribution is -2.07. The monoisotopic (exact) mass is 282 g/mol. The minimum atomic E-state index is -4.58. The third-order valence-electron chi connectivity index (χ3n) is 2.74. The van der Waals surface area contributed by atoms with Crippen molar-refractivity contribution in [3.63, 3.8) is 0 Å². The fourth-order valence-electron chi connectivity index (χ4n) is 1.88. The summed E-state index contributed by atoms with van der Waals surface area (Å²) in [7, 11) is 0. The summed E-state index contributed by atoms with van der Waals surface area (Å²) in [4.78, 5) is 14.0. The molecule has 0 unspecified atom stereocenters. The number of nitrogens with zero attached hydrogens (tertiary/aromatic N) is 2. The normalized spacial score (nSPS) is 11.4. The van der Waals surface area contributed by atoms with E-state index in [2.05, 4.69) is 4.98 Å². The molecule has 0 saturated carbocycles. The Kier molecular flexibility index (Phi) is 3.44.